The predicted octanol–water partition coefficient (Wildman–Crippen LogP) is 2.73. The van der Waals surface area contributed by atoms with Gasteiger partial charge in [-0.05, 0) is 38.0 Å². The van der Waals surface area contributed by atoms with Crippen LogP contribution in [0.1, 0.15) is 31.9 Å². The number of H-pyrrole nitrogens is 1. The molecule has 0 atom stereocenters. The van der Waals surface area contributed by atoms with Crippen molar-refractivity contribution in [1.82, 2.24) is 29.5 Å². The minimum atomic E-state index is -0.268. The van der Waals surface area contributed by atoms with Crippen molar-refractivity contribution in [2.45, 2.75) is 39.4 Å². The molecule has 0 bridgehead atoms. The zero-order chi connectivity index (χ0) is 19.7. The number of aromatic nitrogens is 6. The Morgan fingerprint density at radius 1 is 1.11 bits per heavy atom. The molecule has 2 N–H and O–H groups in total. The van der Waals surface area contributed by atoms with Gasteiger partial charge in [0.15, 0.2) is 5.65 Å². The highest BCUT2D eigenvalue weighted by molar-refractivity contribution is 5.74. The fourth-order valence-corrected chi connectivity index (χ4v) is 3.12. The van der Waals surface area contributed by atoms with Gasteiger partial charge in [0.05, 0.1) is 18.3 Å². The molecule has 0 saturated carbocycles. The van der Waals surface area contributed by atoms with E-state index >= 15 is 0 Å². The fraction of sp³-hybridized carbons (Fsp3) is 0.300. The molecule has 0 aliphatic carbocycles. The highest BCUT2D eigenvalue weighted by Crippen LogP contribution is 2.19. The van der Waals surface area contributed by atoms with Crippen LogP contribution in [0, 0.1) is 0 Å². The smallest absolute Gasteiger partial charge is 0.263 e. The third-order valence-electron chi connectivity index (χ3n) is 4.53. The maximum atomic E-state index is 12.4. The third-order valence-corrected chi connectivity index (χ3v) is 4.53. The van der Waals surface area contributed by atoms with Gasteiger partial charge in [-0.1, -0.05) is 24.3 Å². The molecule has 4 aromatic rings. The molecule has 0 unspecified atom stereocenters. The van der Waals surface area contributed by atoms with Crippen LogP contribution in [0.5, 0.6) is 0 Å². The second-order valence-corrected chi connectivity index (χ2v) is 7.70. The lowest BCUT2D eigenvalue weighted by Crippen LogP contribution is -2.24. The summed E-state index contributed by atoms with van der Waals surface area (Å²) in [5.74, 6) is 0.428. The lowest BCUT2D eigenvalue weighted by molar-refractivity contribution is 0.366. The molecule has 8 heteroatoms. The lowest BCUT2D eigenvalue weighted by atomic mass is 10.1. The molecule has 3 heterocycles. The Labute approximate surface area is 162 Å². The third kappa shape index (κ3) is 3.53. The van der Waals surface area contributed by atoms with Gasteiger partial charge in [-0.3, -0.25) is 14.5 Å². The molecule has 4 rings (SSSR count). The molecule has 0 spiro atoms. The SMILES string of the molecule is CC(C)(C)n1ncc2c(=O)[nH]c(NCc3ccccc3Cn3cccn3)nc21. The van der Waals surface area contributed by atoms with E-state index in [1.807, 2.05) is 49.8 Å². The highest BCUT2D eigenvalue weighted by atomic mass is 16.1. The number of aromatic amines is 1. The van der Waals surface area contributed by atoms with E-state index in [1.165, 1.54) is 0 Å². The number of rotatable bonds is 5. The van der Waals surface area contributed by atoms with Crippen molar-refractivity contribution in [3.8, 4) is 0 Å². The maximum Gasteiger partial charge on any atom is 0.263 e. The van der Waals surface area contributed by atoms with Gasteiger partial charge < -0.3 is 5.32 Å². The summed E-state index contributed by atoms with van der Waals surface area (Å²) in [7, 11) is 0. The molecule has 144 valence electrons. The van der Waals surface area contributed by atoms with Gasteiger partial charge in [0.1, 0.15) is 5.39 Å². The highest BCUT2D eigenvalue weighted by Gasteiger charge is 2.19. The second kappa shape index (κ2) is 6.95. The van der Waals surface area contributed by atoms with Crippen molar-refractivity contribution in [1.29, 1.82) is 0 Å². The first-order chi connectivity index (χ1) is 13.4. The molecule has 0 aliphatic rings. The van der Waals surface area contributed by atoms with Gasteiger partial charge in [0, 0.05) is 18.9 Å². The van der Waals surface area contributed by atoms with Crippen LogP contribution in [0.3, 0.4) is 0 Å². The minimum Gasteiger partial charge on any atom is -0.352 e. The molecule has 0 radical (unpaired) electrons. The summed E-state index contributed by atoms with van der Waals surface area (Å²) in [6, 6.07) is 10.0. The first kappa shape index (κ1) is 18.0. The Kier molecular flexibility index (Phi) is 4.46. The van der Waals surface area contributed by atoms with Gasteiger partial charge in [0.25, 0.3) is 5.56 Å². The number of nitrogens with zero attached hydrogens (tertiary/aromatic N) is 5. The standard InChI is InChI=1S/C20H23N7O/c1-20(2,3)27-17-16(12-23-27)18(28)25-19(24-17)21-11-14-7-4-5-8-15(14)13-26-10-6-9-22-26/h4-10,12H,11,13H2,1-3H3,(H2,21,24,25,28). The average Bonchev–Trinajstić information content (AvgIpc) is 3.30. The summed E-state index contributed by atoms with van der Waals surface area (Å²) in [6.45, 7) is 7.31. The first-order valence-electron chi connectivity index (χ1n) is 9.18. The monoisotopic (exact) mass is 377 g/mol. The first-order valence-corrected chi connectivity index (χ1v) is 9.18. The van der Waals surface area contributed by atoms with Crippen LogP contribution in [0.4, 0.5) is 5.95 Å². The quantitative estimate of drug-likeness (QED) is 0.558. The van der Waals surface area contributed by atoms with Gasteiger partial charge in [-0.15, -0.1) is 0 Å². The molecule has 0 amide bonds. The number of hydrogen-bond acceptors (Lipinski definition) is 5. The number of nitrogens with one attached hydrogen (secondary N) is 2. The molecule has 0 saturated heterocycles. The number of benzene rings is 1. The van der Waals surface area contributed by atoms with E-state index in [0.717, 1.165) is 11.1 Å². The summed E-state index contributed by atoms with van der Waals surface area (Å²) in [6.07, 6.45) is 5.27. The Morgan fingerprint density at radius 3 is 2.61 bits per heavy atom. The zero-order valence-corrected chi connectivity index (χ0v) is 16.2. The molecular weight excluding hydrogens is 354 g/mol. The van der Waals surface area contributed by atoms with Crippen LogP contribution in [0.25, 0.3) is 11.0 Å². The number of hydrogen-bond donors (Lipinski definition) is 2. The molecule has 28 heavy (non-hydrogen) atoms. The number of anilines is 1. The summed E-state index contributed by atoms with van der Waals surface area (Å²) >= 11 is 0. The van der Waals surface area contributed by atoms with Crippen LogP contribution in [0.2, 0.25) is 0 Å². The zero-order valence-electron chi connectivity index (χ0n) is 16.2. The van der Waals surface area contributed by atoms with Gasteiger partial charge >= 0.3 is 0 Å². The number of fused-ring (bicyclic) bond motifs is 1. The molecule has 0 aliphatic heterocycles. The molecule has 8 nitrogen and oxygen atoms in total. The van der Waals surface area contributed by atoms with E-state index in [-0.39, 0.29) is 11.1 Å². The topological polar surface area (TPSA) is 93.4 Å². The summed E-state index contributed by atoms with van der Waals surface area (Å²) in [5.41, 5.74) is 2.37. The maximum absolute atomic E-state index is 12.4. The predicted molar refractivity (Wildman–Crippen MR) is 108 cm³/mol. The normalized spacial score (nSPS) is 11.8. The summed E-state index contributed by atoms with van der Waals surface area (Å²) < 4.78 is 3.65. The minimum absolute atomic E-state index is 0.201. The Balaban J connectivity index is 1.61. The van der Waals surface area contributed by atoms with Crippen molar-refractivity contribution in [3.63, 3.8) is 0 Å². The van der Waals surface area contributed by atoms with Crippen molar-refractivity contribution in [2.75, 3.05) is 5.32 Å². The van der Waals surface area contributed by atoms with Crippen molar-refractivity contribution < 1.29 is 0 Å². The lowest BCUT2D eigenvalue weighted by Gasteiger charge is -2.19. The van der Waals surface area contributed by atoms with E-state index in [9.17, 15) is 4.79 Å². The van der Waals surface area contributed by atoms with E-state index in [4.69, 9.17) is 0 Å². The largest absolute Gasteiger partial charge is 0.352 e. The van der Waals surface area contributed by atoms with Gasteiger partial charge in [-0.2, -0.15) is 15.2 Å². The second-order valence-electron chi connectivity index (χ2n) is 7.70. The molecule has 1 aromatic carbocycles. The van der Waals surface area contributed by atoms with Crippen molar-refractivity contribution >= 4 is 17.0 Å². The molecule has 3 aromatic heterocycles. The Morgan fingerprint density at radius 2 is 1.89 bits per heavy atom. The average molecular weight is 377 g/mol. The van der Waals surface area contributed by atoms with Gasteiger partial charge in [-0.25, -0.2) is 4.68 Å². The van der Waals surface area contributed by atoms with Crippen LogP contribution >= 0.6 is 0 Å². The van der Waals surface area contributed by atoms with Crippen LogP contribution in [-0.2, 0) is 18.6 Å². The molecular formula is C20H23N7O. The Hall–Kier alpha value is -3.42. The van der Waals surface area contributed by atoms with E-state index in [1.54, 1.807) is 17.1 Å². The van der Waals surface area contributed by atoms with E-state index in [0.29, 0.717) is 30.1 Å². The van der Waals surface area contributed by atoms with Gasteiger partial charge in [0.2, 0.25) is 5.95 Å². The fourth-order valence-electron chi connectivity index (χ4n) is 3.12. The van der Waals surface area contributed by atoms with Crippen LogP contribution in [0.15, 0.2) is 53.7 Å². The Bertz CT molecular complexity index is 1150. The van der Waals surface area contributed by atoms with E-state index in [2.05, 4.69) is 37.6 Å². The molecule has 0 fully saturated rings. The van der Waals surface area contributed by atoms with Crippen molar-refractivity contribution in [3.05, 3.63) is 70.4 Å². The summed E-state index contributed by atoms with van der Waals surface area (Å²) in [5, 5.41) is 12.3. The van der Waals surface area contributed by atoms with Crippen molar-refractivity contribution in [2.24, 2.45) is 0 Å². The van der Waals surface area contributed by atoms with Crippen LogP contribution < -0.4 is 10.9 Å². The summed E-state index contributed by atoms with van der Waals surface area (Å²) in [4.78, 5) is 19.8. The van der Waals surface area contributed by atoms with E-state index < -0.39 is 0 Å². The van der Waals surface area contributed by atoms with Crippen LogP contribution in [-0.4, -0.2) is 29.5 Å².